The van der Waals surface area contributed by atoms with E-state index < -0.39 is 5.97 Å². The summed E-state index contributed by atoms with van der Waals surface area (Å²) in [6.07, 6.45) is 17.5. The first-order valence-corrected chi connectivity index (χ1v) is 18.1. The van der Waals surface area contributed by atoms with Crippen molar-refractivity contribution < 1.29 is 23.8 Å². The molecule has 0 N–H and O–H groups in total. The summed E-state index contributed by atoms with van der Waals surface area (Å²) in [5, 5.41) is 0. The van der Waals surface area contributed by atoms with Crippen molar-refractivity contribution in [3.63, 3.8) is 0 Å². The van der Waals surface area contributed by atoms with Crippen molar-refractivity contribution in [1.29, 1.82) is 0 Å². The fourth-order valence-corrected chi connectivity index (χ4v) is 10.8. The van der Waals surface area contributed by atoms with Gasteiger partial charge in [0.15, 0.2) is 11.5 Å². The van der Waals surface area contributed by atoms with Crippen LogP contribution in [0.2, 0.25) is 0 Å². The first-order chi connectivity index (χ1) is 21.4. The van der Waals surface area contributed by atoms with Crippen molar-refractivity contribution in [1.82, 2.24) is 0 Å². The van der Waals surface area contributed by atoms with Gasteiger partial charge in [-0.2, -0.15) is 0 Å². The molecule has 4 aliphatic carbocycles. The number of methoxy groups -OCH3 is 1. The number of ether oxygens (including phenoxy) is 3. The maximum atomic E-state index is 12.9. The van der Waals surface area contributed by atoms with Crippen LogP contribution in [-0.2, 0) is 14.3 Å². The minimum atomic E-state index is -0.404. The molecule has 4 saturated carbocycles. The smallest absolute Gasteiger partial charge is 0.331 e. The average molecular weight is 621 g/mol. The van der Waals surface area contributed by atoms with Gasteiger partial charge in [0.2, 0.25) is 0 Å². The third kappa shape index (κ3) is 7.03. The summed E-state index contributed by atoms with van der Waals surface area (Å²) in [6, 6.07) is 5.23. The third-order valence-electron chi connectivity index (χ3n) is 13.7. The molecule has 0 radical (unpaired) electrons. The molecule has 0 aromatic heterocycles. The second-order valence-electron chi connectivity index (χ2n) is 16.3. The van der Waals surface area contributed by atoms with Crippen LogP contribution in [0, 0.1) is 58.2 Å². The van der Waals surface area contributed by atoms with Crippen LogP contribution in [0.3, 0.4) is 0 Å². The Balaban J connectivity index is 1.17. The molecule has 5 heteroatoms. The molecule has 10 atom stereocenters. The van der Waals surface area contributed by atoms with Crippen molar-refractivity contribution in [3.8, 4) is 11.5 Å². The van der Waals surface area contributed by atoms with Crippen molar-refractivity contribution >= 4 is 18.0 Å². The van der Waals surface area contributed by atoms with E-state index in [9.17, 15) is 9.59 Å². The first-order valence-electron chi connectivity index (χ1n) is 18.1. The number of hydrogen-bond donors (Lipinski definition) is 0. The summed E-state index contributed by atoms with van der Waals surface area (Å²) < 4.78 is 16.6. The largest absolute Gasteiger partial charge is 0.493 e. The molecule has 0 spiro atoms. The van der Waals surface area contributed by atoms with Crippen molar-refractivity contribution in [2.45, 2.75) is 125 Å². The molecule has 1 aromatic carbocycles. The average Bonchev–Trinajstić information content (AvgIpc) is 3.36. The van der Waals surface area contributed by atoms with Crippen LogP contribution in [0.5, 0.6) is 11.5 Å². The summed E-state index contributed by atoms with van der Waals surface area (Å²) in [5.41, 5.74) is 1.68. The Morgan fingerprint density at radius 3 is 2.36 bits per heavy atom. The second kappa shape index (κ2) is 13.8. The number of carbonyl (C=O) groups excluding carboxylic acids is 2. The van der Waals surface area contributed by atoms with Crippen molar-refractivity contribution in [2.24, 2.45) is 58.2 Å². The Hall–Kier alpha value is -2.30. The van der Waals surface area contributed by atoms with Gasteiger partial charge in [-0.15, -0.1) is 0 Å². The van der Waals surface area contributed by atoms with Gasteiger partial charge in [-0.25, -0.2) is 4.79 Å². The van der Waals surface area contributed by atoms with E-state index in [1.54, 1.807) is 24.3 Å². The normalized spacial score (nSPS) is 35.7. The predicted octanol–water partition coefficient (Wildman–Crippen LogP) is 9.91. The summed E-state index contributed by atoms with van der Waals surface area (Å²) in [6.45, 7) is 16.4. The molecule has 45 heavy (non-hydrogen) atoms. The van der Waals surface area contributed by atoms with Gasteiger partial charge in [-0.05, 0) is 140 Å². The predicted molar refractivity (Wildman–Crippen MR) is 181 cm³/mol. The maximum absolute atomic E-state index is 12.9. The fraction of sp³-hybridized carbons (Fsp3) is 0.750. The lowest BCUT2D eigenvalue weighted by Crippen LogP contribution is -2.54. The topological polar surface area (TPSA) is 61.8 Å². The molecule has 4 aliphatic rings. The Labute approximate surface area is 273 Å². The quantitative estimate of drug-likeness (QED) is 0.148. The lowest BCUT2D eigenvalue weighted by atomic mass is 9.44. The summed E-state index contributed by atoms with van der Waals surface area (Å²) in [5.74, 6) is 6.70. The zero-order valence-electron chi connectivity index (χ0n) is 29.4. The van der Waals surface area contributed by atoms with Gasteiger partial charge < -0.3 is 14.2 Å². The van der Waals surface area contributed by atoms with E-state index in [4.69, 9.17) is 14.2 Å². The van der Waals surface area contributed by atoms with Crippen LogP contribution in [-0.4, -0.2) is 25.2 Å². The summed E-state index contributed by atoms with van der Waals surface area (Å²) >= 11 is 0. The van der Waals surface area contributed by atoms with E-state index in [-0.39, 0.29) is 12.1 Å². The van der Waals surface area contributed by atoms with E-state index in [0.29, 0.717) is 28.2 Å². The Morgan fingerprint density at radius 1 is 0.911 bits per heavy atom. The van der Waals surface area contributed by atoms with E-state index >= 15 is 0 Å². The number of hydrogen-bond acceptors (Lipinski definition) is 5. The van der Waals surface area contributed by atoms with Gasteiger partial charge in [-0.3, -0.25) is 4.79 Å². The highest BCUT2D eigenvalue weighted by Crippen LogP contribution is 2.68. The Morgan fingerprint density at radius 2 is 1.64 bits per heavy atom. The molecular formula is C40H60O5. The molecule has 1 unspecified atom stereocenters. The van der Waals surface area contributed by atoms with Crippen molar-refractivity contribution in [3.05, 3.63) is 29.8 Å². The third-order valence-corrected chi connectivity index (χ3v) is 13.7. The zero-order valence-corrected chi connectivity index (χ0v) is 29.4. The van der Waals surface area contributed by atoms with Crippen molar-refractivity contribution in [2.75, 3.05) is 7.11 Å². The molecule has 4 fully saturated rings. The van der Waals surface area contributed by atoms with Crippen LogP contribution in [0.25, 0.3) is 6.08 Å². The van der Waals surface area contributed by atoms with Gasteiger partial charge in [-0.1, -0.05) is 60.5 Å². The second-order valence-corrected chi connectivity index (χ2v) is 16.3. The summed E-state index contributed by atoms with van der Waals surface area (Å²) in [4.78, 5) is 24.2. The van der Waals surface area contributed by atoms with Crippen LogP contribution >= 0.6 is 0 Å². The molecule has 0 bridgehead atoms. The molecule has 250 valence electrons. The minimum absolute atomic E-state index is 0.00329. The highest BCUT2D eigenvalue weighted by molar-refractivity contribution is 5.87. The van der Waals surface area contributed by atoms with Gasteiger partial charge in [0.1, 0.15) is 6.10 Å². The highest BCUT2D eigenvalue weighted by Gasteiger charge is 2.60. The molecule has 1 aromatic rings. The van der Waals surface area contributed by atoms with Gasteiger partial charge in [0.25, 0.3) is 0 Å². The fourth-order valence-electron chi connectivity index (χ4n) is 10.8. The Kier molecular flexibility index (Phi) is 10.5. The zero-order chi connectivity index (χ0) is 32.5. The maximum Gasteiger partial charge on any atom is 0.331 e. The van der Waals surface area contributed by atoms with Crippen LogP contribution < -0.4 is 9.47 Å². The van der Waals surface area contributed by atoms with Gasteiger partial charge >= 0.3 is 11.9 Å². The van der Waals surface area contributed by atoms with E-state index in [1.165, 1.54) is 77.9 Å². The molecule has 0 amide bonds. The monoisotopic (exact) mass is 620 g/mol. The van der Waals surface area contributed by atoms with Gasteiger partial charge in [0.05, 0.1) is 7.11 Å². The Bertz CT molecular complexity index is 1240. The molecule has 0 saturated heterocycles. The number of rotatable bonds is 10. The standard InChI is InChI=1S/C40H60O5/c1-25(2)26(3)9-10-27(4)33-15-16-34-32-14-13-30-24-31(19-21-39(30,6)35(32)20-22-40(33,34)7)45-38(42)18-12-29-11-17-36(44-28(5)41)37(23-29)43-8/h11-12,17-18,23,25-27,30-35H,9-10,13-16,19-22,24H2,1-8H3/b18-12+/t26-,27-,30?,31+,32+,33-,34+,35+,39+,40-/m1/s1. The number of carbonyl (C=O) groups is 2. The van der Waals surface area contributed by atoms with E-state index in [1.807, 2.05) is 0 Å². The molecular weight excluding hydrogens is 560 g/mol. The van der Waals surface area contributed by atoms with Crippen LogP contribution in [0.15, 0.2) is 24.3 Å². The SMILES string of the molecule is COc1cc(/C=C/C(=O)O[C@H]2CC[C@@]3(C)C(CC[C@H]4[C@@H]5CC[C@H]([C@H](C)CC[C@@H](C)C(C)C)[C@@]5(C)CC[C@@H]43)C2)ccc1OC(C)=O. The molecule has 5 nitrogen and oxygen atoms in total. The molecule has 5 rings (SSSR count). The number of fused-ring (bicyclic) bond motifs is 5. The summed E-state index contributed by atoms with van der Waals surface area (Å²) in [7, 11) is 1.53. The molecule has 0 aliphatic heterocycles. The van der Waals surface area contributed by atoms with E-state index in [0.717, 1.165) is 59.8 Å². The number of benzene rings is 1. The van der Waals surface area contributed by atoms with Gasteiger partial charge in [0, 0.05) is 13.0 Å². The van der Waals surface area contributed by atoms with E-state index in [2.05, 4.69) is 41.5 Å². The van der Waals surface area contributed by atoms with Crippen LogP contribution in [0.1, 0.15) is 125 Å². The molecule has 0 heterocycles. The lowest BCUT2D eigenvalue weighted by Gasteiger charge is -2.61. The first kappa shape index (κ1) is 34.0. The number of esters is 2. The minimum Gasteiger partial charge on any atom is -0.493 e. The lowest BCUT2D eigenvalue weighted by molar-refractivity contribution is -0.158. The van der Waals surface area contributed by atoms with Crippen LogP contribution in [0.4, 0.5) is 0 Å². The highest BCUT2D eigenvalue weighted by atomic mass is 16.6.